The number of quaternary nitrogens is 2. The molecule has 2 nitrogen and oxygen atoms in total. The topological polar surface area (TPSA) is 0 Å². The minimum absolute atomic E-state index is 1.11. The lowest BCUT2D eigenvalue weighted by Gasteiger charge is -2.23. The van der Waals surface area contributed by atoms with E-state index in [2.05, 4.69) is 67.9 Å². The largest absolute Gasteiger partial charge is 0.331 e. The number of unbranched alkanes of at least 4 members (excludes halogenated alkanes) is 12. The summed E-state index contributed by atoms with van der Waals surface area (Å²) in [7, 11) is 13.6. The average molecular weight is 425 g/mol. The molecule has 0 aliphatic carbocycles. The number of nitrogens with zero attached hydrogens (tertiary/aromatic N) is 2. The van der Waals surface area contributed by atoms with Crippen LogP contribution in [0.25, 0.3) is 0 Å². The van der Waals surface area contributed by atoms with Gasteiger partial charge in [0, 0.05) is 0 Å². The Balaban J connectivity index is 0. The highest BCUT2D eigenvalue weighted by Gasteiger charge is 2.05. The van der Waals surface area contributed by atoms with Crippen molar-refractivity contribution in [3.8, 4) is 0 Å². The first-order valence-corrected chi connectivity index (χ1v) is 13.0. The smallest absolute Gasteiger partial charge is 0.0780 e. The van der Waals surface area contributed by atoms with E-state index in [-0.39, 0.29) is 0 Å². The molecule has 30 heavy (non-hydrogen) atoms. The summed E-state index contributed by atoms with van der Waals surface area (Å²) < 4.78 is 2.22. The molecular formula is C28H60N2+2. The minimum atomic E-state index is 1.11. The summed E-state index contributed by atoms with van der Waals surface area (Å²) in [6, 6.07) is 0. The predicted octanol–water partition coefficient (Wildman–Crippen LogP) is 8.00. The SMILES string of the molecule is C=CCCCCCCCC[N+](C)(C)C.CC/C=C/CCCCCCCC[N+](C)(C)C. The lowest BCUT2D eigenvalue weighted by atomic mass is 10.1. The van der Waals surface area contributed by atoms with E-state index in [9.17, 15) is 0 Å². The van der Waals surface area contributed by atoms with Gasteiger partial charge in [-0.15, -0.1) is 6.58 Å². The molecule has 0 saturated carbocycles. The van der Waals surface area contributed by atoms with Crippen LogP contribution in [-0.2, 0) is 0 Å². The molecule has 0 radical (unpaired) electrons. The fourth-order valence-corrected chi connectivity index (χ4v) is 3.42. The maximum atomic E-state index is 3.73. The van der Waals surface area contributed by atoms with E-state index in [0.717, 1.165) is 8.97 Å². The Morgan fingerprint density at radius 1 is 0.500 bits per heavy atom. The van der Waals surface area contributed by atoms with Gasteiger partial charge in [0.1, 0.15) is 0 Å². The van der Waals surface area contributed by atoms with Gasteiger partial charge < -0.3 is 8.97 Å². The van der Waals surface area contributed by atoms with Crippen LogP contribution in [0.5, 0.6) is 0 Å². The second kappa shape index (κ2) is 21.6. The number of hydrogen-bond acceptors (Lipinski definition) is 0. The molecule has 0 atom stereocenters. The Kier molecular flexibility index (Phi) is 22.8. The van der Waals surface area contributed by atoms with E-state index in [1.54, 1.807) is 0 Å². The van der Waals surface area contributed by atoms with Crippen LogP contribution in [0.15, 0.2) is 24.8 Å². The summed E-state index contributed by atoms with van der Waals surface area (Å²) in [5.41, 5.74) is 0. The molecule has 0 bridgehead atoms. The average Bonchev–Trinajstić information content (AvgIpc) is 2.64. The van der Waals surface area contributed by atoms with Gasteiger partial charge in [0.05, 0.1) is 55.4 Å². The van der Waals surface area contributed by atoms with Crippen LogP contribution >= 0.6 is 0 Å². The van der Waals surface area contributed by atoms with Gasteiger partial charge in [0.25, 0.3) is 0 Å². The molecule has 0 N–H and O–H groups in total. The fourth-order valence-electron chi connectivity index (χ4n) is 3.42. The van der Waals surface area contributed by atoms with Crippen molar-refractivity contribution in [2.45, 2.75) is 103 Å². The van der Waals surface area contributed by atoms with Crippen molar-refractivity contribution in [3.05, 3.63) is 24.8 Å². The van der Waals surface area contributed by atoms with Gasteiger partial charge in [0.2, 0.25) is 0 Å². The van der Waals surface area contributed by atoms with E-state index in [1.165, 1.54) is 109 Å². The second-order valence-corrected chi connectivity index (χ2v) is 11.0. The quantitative estimate of drug-likeness (QED) is 0.112. The number of allylic oxidation sites excluding steroid dienone is 3. The predicted molar refractivity (Wildman–Crippen MR) is 140 cm³/mol. The number of hydrogen-bond donors (Lipinski definition) is 0. The van der Waals surface area contributed by atoms with Gasteiger partial charge >= 0.3 is 0 Å². The van der Waals surface area contributed by atoms with Crippen molar-refractivity contribution in [1.82, 2.24) is 0 Å². The van der Waals surface area contributed by atoms with Gasteiger partial charge in [-0.2, -0.15) is 0 Å². The zero-order chi connectivity index (χ0) is 23.1. The van der Waals surface area contributed by atoms with Crippen molar-refractivity contribution in [2.24, 2.45) is 0 Å². The molecule has 0 aromatic carbocycles. The zero-order valence-corrected chi connectivity index (χ0v) is 22.4. The molecule has 2 heteroatoms. The van der Waals surface area contributed by atoms with Crippen LogP contribution in [0.2, 0.25) is 0 Å². The standard InChI is InChI=1S/C15H32N.C13H28N/c1-5-6-7-8-9-10-11-12-13-14-15-16(2,3)4;1-5-6-7-8-9-10-11-12-13-14(2,3)4/h6-7H,5,8-15H2,1-4H3;5H,1,6-13H2,2-4H3/q2*+1/b7-6+;. The summed E-state index contributed by atoms with van der Waals surface area (Å²) in [5.74, 6) is 0. The molecule has 0 heterocycles. The second-order valence-electron chi connectivity index (χ2n) is 11.0. The number of rotatable bonds is 19. The monoisotopic (exact) mass is 424 g/mol. The van der Waals surface area contributed by atoms with Crippen LogP contribution in [0.3, 0.4) is 0 Å². The van der Waals surface area contributed by atoms with Crippen LogP contribution in [0.1, 0.15) is 103 Å². The van der Waals surface area contributed by atoms with Crippen LogP contribution in [-0.4, -0.2) is 64.3 Å². The molecular weight excluding hydrogens is 364 g/mol. The third-order valence-corrected chi connectivity index (χ3v) is 5.34. The van der Waals surface area contributed by atoms with Crippen molar-refractivity contribution in [1.29, 1.82) is 0 Å². The molecule has 180 valence electrons. The lowest BCUT2D eigenvalue weighted by Crippen LogP contribution is -2.35. The fraction of sp³-hybridized carbons (Fsp3) is 0.857. The molecule has 0 rings (SSSR count). The first-order valence-electron chi connectivity index (χ1n) is 13.0. The maximum absolute atomic E-state index is 3.73. The molecule has 0 amide bonds. The summed E-state index contributed by atoms with van der Waals surface area (Å²) >= 11 is 0. The van der Waals surface area contributed by atoms with Crippen molar-refractivity contribution in [3.63, 3.8) is 0 Å². The third-order valence-electron chi connectivity index (χ3n) is 5.34. The Bertz CT molecular complexity index is 371. The molecule has 0 unspecified atom stereocenters. The first-order chi connectivity index (χ1) is 14.1. The van der Waals surface area contributed by atoms with E-state index < -0.39 is 0 Å². The van der Waals surface area contributed by atoms with Gasteiger partial charge in [-0.05, 0) is 57.8 Å². The minimum Gasteiger partial charge on any atom is -0.331 e. The highest BCUT2D eigenvalue weighted by Crippen LogP contribution is 2.09. The highest BCUT2D eigenvalue weighted by atomic mass is 15.3. The Hall–Kier alpha value is -0.600. The molecule has 0 aromatic heterocycles. The first kappa shape index (κ1) is 31.6. The Labute approximate surface area is 192 Å². The van der Waals surface area contributed by atoms with Crippen molar-refractivity contribution < 1.29 is 8.97 Å². The summed E-state index contributed by atoms with van der Waals surface area (Å²) in [6.45, 7) is 8.56. The van der Waals surface area contributed by atoms with Gasteiger partial charge in [-0.3, -0.25) is 0 Å². The van der Waals surface area contributed by atoms with Crippen LogP contribution < -0.4 is 0 Å². The lowest BCUT2D eigenvalue weighted by molar-refractivity contribution is -0.870. The highest BCUT2D eigenvalue weighted by molar-refractivity contribution is 4.79. The van der Waals surface area contributed by atoms with E-state index >= 15 is 0 Å². The zero-order valence-electron chi connectivity index (χ0n) is 22.4. The van der Waals surface area contributed by atoms with Crippen LogP contribution in [0, 0.1) is 0 Å². The van der Waals surface area contributed by atoms with Gasteiger partial charge in [-0.25, -0.2) is 0 Å². The summed E-state index contributed by atoms with van der Waals surface area (Å²) in [6.07, 6.45) is 27.1. The molecule has 0 aliphatic heterocycles. The van der Waals surface area contributed by atoms with Gasteiger partial charge in [-0.1, -0.05) is 63.7 Å². The Morgan fingerprint density at radius 3 is 1.23 bits per heavy atom. The van der Waals surface area contributed by atoms with Crippen LogP contribution in [0.4, 0.5) is 0 Å². The van der Waals surface area contributed by atoms with Gasteiger partial charge in [0.15, 0.2) is 0 Å². The van der Waals surface area contributed by atoms with Crippen molar-refractivity contribution >= 4 is 0 Å². The molecule has 0 aliphatic rings. The maximum Gasteiger partial charge on any atom is 0.0780 e. The van der Waals surface area contributed by atoms with E-state index in [1.807, 2.05) is 6.08 Å². The summed E-state index contributed by atoms with van der Waals surface area (Å²) in [5, 5.41) is 0. The normalized spacial score (nSPS) is 12.1. The van der Waals surface area contributed by atoms with E-state index in [0.29, 0.717) is 0 Å². The summed E-state index contributed by atoms with van der Waals surface area (Å²) in [4.78, 5) is 0. The molecule has 0 aromatic rings. The third kappa shape index (κ3) is 34.9. The van der Waals surface area contributed by atoms with Crippen molar-refractivity contribution in [2.75, 3.05) is 55.4 Å². The van der Waals surface area contributed by atoms with E-state index in [4.69, 9.17) is 0 Å². The molecule has 0 saturated heterocycles. The molecule has 0 fully saturated rings. The molecule has 0 spiro atoms. The Morgan fingerprint density at radius 2 is 0.867 bits per heavy atom.